The number of carbonyl (C=O) groups excluding carboxylic acids is 2. The molecule has 2 N–H and O–H groups in total. The molecule has 7 atom stereocenters. The first kappa shape index (κ1) is 21.7. The minimum absolute atomic E-state index is 0.000207. The molecule has 0 radical (unpaired) electrons. The van der Waals surface area contributed by atoms with Gasteiger partial charge in [-0.1, -0.05) is 20.8 Å². The molecule has 2 fully saturated rings. The Labute approximate surface area is 163 Å². The molecule has 152 valence electrons. The van der Waals surface area contributed by atoms with Gasteiger partial charge in [-0.05, 0) is 48.9 Å². The number of aliphatic hydroxyl groups excluding tert-OH is 1. The molecule has 0 aromatic heterocycles. The second-order valence-electron chi connectivity index (χ2n) is 9.03. The monoisotopic (exact) mass is 377 g/mol. The van der Waals surface area contributed by atoms with Crippen LogP contribution < -0.4 is 5.32 Å². The maximum atomic E-state index is 12.8. The standard InChI is InChI=1S/C21H35N3O3/c1-13(20(27)24(5)12-6-11-22)16-7-9-21(4)10-8-17(23-15(3)25)14(2)18(21)19(16)26/h13-14,16-19,26H,6-10,12H2,1-5H3,(H,23,25). The molecule has 0 aromatic carbocycles. The second kappa shape index (κ2) is 8.60. The summed E-state index contributed by atoms with van der Waals surface area (Å²) in [5.74, 6) is -0.148. The highest BCUT2D eigenvalue weighted by Gasteiger charge is 2.53. The van der Waals surface area contributed by atoms with Crippen molar-refractivity contribution in [2.24, 2.45) is 29.1 Å². The number of carbonyl (C=O) groups is 2. The van der Waals surface area contributed by atoms with E-state index in [1.807, 2.05) is 6.92 Å². The van der Waals surface area contributed by atoms with Gasteiger partial charge in [-0.25, -0.2) is 0 Å². The van der Waals surface area contributed by atoms with E-state index in [2.05, 4.69) is 25.2 Å². The largest absolute Gasteiger partial charge is 0.392 e. The number of aliphatic hydroxyl groups is 1. The van der Waals surface area contributed by atoms with Crippen LogP contribution in [0.25, 0.3) is 0 Å². The van der Waals surface area contributed by atoms with Crippen LogP contribution in [0, 0.1) is 40.4 Å². The fourth-order valence-electron chi connectivity index (χ4n) is 5.62. The van der Waals surface area contributed by atoms with Crippen molar-refractivity contribution in [3.8, 4) is 6.07 Å². The smallest absolute Gasteiger partial charge is 0.225 e. The molecule has 0 heterocycles. The molecule has 2 amide bonds. The quantitative estimate of drug-likeness (QED) is 0.769. The average Bonchev–Trinajstić information content (AvgIpc) is 2.61. The summed E-state index contributed by atoms with van der Waals surface area (Å²) in [6.07, 6.45) is 3.52. The summed E-state index contributed by atoms with van der Waals surface area (Å²) in [7, 11) is 1.73. The number of nitrogens with one attached hydrogen (secondary N) is 1. The Balaban J connectivity index is 2.15. The summed E-state index contributed by atoms with van der Waals surface area (Å²) in [5.41, 5.74) is 0.0553. The highest BCUT2D eigenvalue weighted by atomic mass is 16.3. The molecule has 2 aliphatic carbocycles. The van der Waals surface area contributed by atoms with Crippen LogP contribution in [0.2, 0.25) is 0 Å². The van der Waals surface area contributed by atoms with Gasteiger partial charge in [-0.15, -0.1) is 0 Å². The van der Waals surface area contributed by atoms with E-state index in [1.165, 1.54) is 0 Å². The van der Waals surface area contributed by atoms with Crippen molar-refractivity contribution in [1.82, 2.24) is 10.2 Å². The Hall–Kier alpha value is -1.61. The van der Waals surface area contributed by atoms with Crippen molar-refractivity contribution in [1.29, 1.82) is 5.26 Å². The Morgan fingerprint density at radius 1 is 1.37 bits per heavy atom. The molecule has 0 saturated heterocycles. The Morgan fingerprint density at radius 2 is 2.00 bits per heavy atom. The predicted molar refractivity (Wildman–Crippen MR) is 103 cm³/mol. The van der Waals surface area contributed by atoms with Gasteiger partial charge in [0.25, 0.3) is 0 Å². The van der Waals surface area contributed by atoms with Gasteiger partial charge in [0, 0.05) is 32.5 Å². The predicted octanol–water partition coefficient (Wildman–Crippen LogP) is 2.32. The van der Waals surface area contributed by atoms with Crippen molar-refractivity contribution in [2.75, 3.05) is 13.6 Å². The lowest BCUT2D eigenvalue weighted by atomic mass is 9.51. The van der Waals surface area contributed by atoms with Crippen LogP contribution in [-0.4, -0.2) is 47.6 Å². The van der Waals surface area contributed by atoms with Crippen molar-refractivity contribution < 1.29 is 14.7 Å². The van der Waals surface area contributed by atoms with E-state index in [4.69, 9.17) is 5.26 Å². The van der Waals surface area contributed by atoms with Gasteiger partial charge in [0.15, 0.2) is 0 Å². The maximum absolute atomic E-state index is 12.8. The van der Waals surface area contributed by atoms with E-state index in [9.17, 15) is 14.7 Å². The lowest BCUT2D eigenvalue weighted by Crippen LogP contribution is -2.58. The van der Waals surface area contributed by atoms with Gasteiger partial charge in [-0.3, -0.25) is 9.59 Å². The third kappa shape index (κ3) is 4.45. The van der Waals surface area contributed by atoms with E-state index in [1.54, 1.807) is 18.9 Å². The molecule has 7 unspecified atom stereocenters. The molecular weight excluding hydrogens is 342 g/mol. The summed E-state index contributed by atoms with van der Waals surface area (Å²) in [4.78, 5) is 25.9. The summed E-state index contributed by atoms with van der Waals surface area (Å²) < 4.78 is 0. The minimum atomic E-state index is -0.557. The number of amides is 2. The van der Waals surface area contributed by atoms with Gasteiger partial charge >= 0.3 is 0 Å². The van der Waals surface area contributed by atoms with Crippen molar-refractivity contribution in [2.45, 2.75) is 71.9 Å². The SMILES string of the molecule is CC(=O)NC1CCC2(C)CCC(C(C)C(=O)N(C)CCC#N)C(O)C2C1C. The molecule has 0 spiro atoms. The molecule has 6 nitrogen and oxygen atoms in total. The molecule has 2 saturated carbocycles. The number of hydrogen-bond acceptors (Lipinski definition) is 4. The van der Waals surface area contributed by atoms with Crippen molar-refractivity contribution >= 4 is 11.8 Å². The highest BCUT2D eigenvalue weighted by molar-refractivity contribution is 5.78. The molecule has 0 bridgehead atoms. The normalized spacial score (nSPS) is 36.9. The van der Waals surface area contributed by atoms with E-state index >= 15 is 0 Å². The van der Waals surface area contributed by atoms with Crippen LogP contribution >= 0.6 is 0 Å². The summed E-state index contributed by atoms with van der Waals surface area (Å²) in [5, 5.41) is 23.1. The summed E-state index contributed by atoms with van der Waals surface area (Å²) in [6.45, 7) is 8.24. The van der Waals surface area contributed by atoms with Crippen LogP contribution in [0.15, 0.2) is 0 Å². The van der Waals surface area contributed by atoms with E-state index in [0.29, 0.717) is 13.0 Å². The van der Waals surface area contributed by atoms with Crippen LogP contribution in [0.5, 0.6) is 0 Å². The number of rotatable bonds is 5. The van der Waals surface area contributed by atoms with E-state index in [-0.39, 0.29) is 46.9 Å². The number of nitrogens with zero attached hydrogens (tertiary/aromatic N) is 2. The summed E-state index contributed by atoms with van der Waals surface area (Å²) in [6, 6.07) is 2.15. The molecule has 0 aromatic rings. The topological polar surface area (TPSA) is 93.4 Å². The van der Waals surface area contributed by atoms with Crippen LogP contribution in [0.4, 0.5) is 0 Å². The van der Waals surface area contributed by atoms with Crippen molar-refractivity contribution in [3.05, 3.63) is 0 Å². The molecule has 6 heteroatoms. The van der Waals surface area contributed by atoms with Gasteiger partial charge < -0.3 is 15.3 Å². The van der Waals surface area contributed by atoms with E-state index in [0.717, 1.165) is 25.7 Å². The zero-order chi connectivity index (χ0) is 20.4. The number of fused-ring (bicyclic) bond motifs is 1. The van der Waals surface area contributed by atoms with Gasteiger partial charge in [0.1, 0.15) is 0 Å². The number of nitriles is 1. The molecule has 0 aliphatic heterocycles. The molecule has 27 heavy (non-hydrogen) atoms. The van der Waals surface area contributed by atoms with Crippen LogP contribution in [0.1, 0.15) is 59.8 Å². The Morgan fingerprint density at radius 3 is 2.59 bits per heavy atom. The van der Waals surface area contributed by atoms with Gasteiger partial charge in [-0.2, -0.15) is 5.26 Å². The molecule has 2 aliphatic rings. The van der Waals surface area contributed by atoms with E-state index < -0.39 is 6.10 Å². The minimum Gasteiger partial charge on any atom is -0.392 e. The fraction of sp³-hybridized carbons (Fsp3) is 0.857. The van der Waals surface area contributed by atoms with Crippen LogP contribution in [-0.2, 0) is 9.59 Å². The Kier molecular flexibility index (Phi) is 6.91. The highest BCUT2D eigenvalue weighted by Crippen LogP contribution is 2.55. The maximum Gasteiger partial charge on any atom is 0.225 e. The lowest BCUT2D eigenvalue weighted by molar-refractivity contribution is -0.149. The number of hydrogen-bond donors (Lipinski definition) is 2. The molecule has 2 rings (SSSR count). The fourth-order valence-corrected chi connectivity index (χ4v) is 5.62. The first-order chi connectivity index (χ1) is 12.6. The summed E-state index contributed by atoms with van der Waals surface area (Å²) >= 11 is 0. The zero-order valence-electron chi connectivity index (χ0n) is 17.4. The van der Waals surface area contributed by atoms with Gasteiger partial charge in [0.05, 0.1) is 18.6 Å². The van der Waals surface area contributed by atoms with Crippen molar-refractivity contribution in [3.63, 3.8) is 0 Å². The first-order valence-corrected chi connectivity index (χ1v) is 10.2. The average molecular weight is 378 g/mol. The van der Waals surface area contributed by atoms with Gasteiger partial charge in [0.2, 0.25) is 11.8 Å². The zero-order valence-corrected chi connectivity index (χ0v) is 17.4. The first-order valence-electron chi connectivity index (χ1n) is 10.2. The molecular formula is C21H35N3O3. The Bertz CT molecular complexity index is 602. The lowest BCUT2D eigenvalue weighted by Gasteiger charge is -2.56. The third-order valence-electron chi connectivity index (χ3n) is 7.24. The third-order valence-corrected chi connectivity index (χ3v) is 7.24. The van der Waals surface area contributed by atoms with Crippen LogP contribution in [0.3, 0.4) is 0 Å². The second-order valence-corrected chi connectivity index (χ2v) is 9.03.